The second kappa shape index (κ2) is 5.27. The molecule has 6 nitrogen and oxygen atoms in total. The first kappa shape index (κ1) is 14.3. The van der Waals surface area contributed by atoms with E-state index in [1.807, 2.05) is 0 Å². The van der Waals surface area contributed by atoms with E-state index < -0.39 is 29.7 Å². The molecular formula is C11H16FN3O3. The molecule has 7 heteroatoms. The molecule has 18 heavy (non-hydrogen) atoms. The Balaban J connectivity index is 2.81. The maximum Gasteiger partial charge on any atom is 0.411 e. The molecule has 0 aromatic heterocycles. The number of carbonyl (C=O) groups is 2. The summed E-state index contributed by atoms with van der Waals surface area (Å²) in [4.78, 5) is 27.0. The second-order valence-electron chi connectivity index (χ2n) is 5.13. The van der Waals surface area contributed by atoms with Gasteiger partial charge in [-0.15, -0.1) is 0 Å². The summed E-state index contributed by atoms with van der Waals surface area (Å²) in [6.07, 6.45) is -1.46. The fourth-order valence-electron chi connectivity index (χ4n) is 1.72. The minimum Gasteiger partial charge on any atom is -0.444 e. The molecule has 1 fully saturated rings. The largest absolute Gasteiger partial charge is 0.444 e. The topological polar surface area (TPSA) is 83.0 Å². The van der Waals surface area contributed by atoms with Gasteiger partial charge in [0.15, 0.2) is 0 Å². The summed E-state index contributed by atoms with van der Waals surface area (Å²) in [7, 11) is 0. The minimum atomic E-state index is -1.28. The van der Waals surface area contributed by atoms with Crippen molar-refractivity contribution >= 4 is 18.1 Å². The highest BCUT2D eigenvalue weighted by Crippen LogP contribution is 2.23. The van der Waals surface area contributed by atoms with Crippen LogP contribution in [0.25, 0.3) is 5.53 Å². The summed E-state index contributed by atoms with van der Waals surface area (Å²) in [5.41, 5.74) is 7.58. The van der Waals surface area contributed by atoms with Crippen LogP contribution in [0.15, 0.2) is 0 Å². The Morgan fingerprint density at radius 3 is 2.61 bits per heavy atom. The van der Waals surface area contributed by atoms with E-state index in [9.17, 15) is 14.0 Å². The minimum absolute atomic E-state index is 0.107. The smallest absolute Gasteiger partial charge is 0.411 e. The summed E-state index contributed by atoms with van der Waals surface area (Å²) in [5.74, 6) is -0.622. The van der Waals surface area contributed by atoms with E-state index in [-0.39, 0.29) is 13.0 Å². The Morgan fingerprint density at radius 1 is 1.50 bits per heavy atom. The fraction of sp³-hybridized carbons (Fsp3) is 0.727. The number of alkyl halides is 1. The number of Topliss-reactive ketones (excluding diaryl/α,β-unsaturated/α-hetero) is 1. The first-order valence-electron chi connectivity index (χ1n) is 5.59. The zero-order valence-electron chi connectivity index (χ0n) is 10.6. The van der Waals surface area contributed by atoms with Crippen LogP contribution in [0, 0.1) is 0 Å². The van der Waals surface area contributed by atoms with Crippen LogP contribution in [0.1, 0.15) is 27.2 Å². The molecule has 0 radical (unpaired) electrons. The quantitative estimate of drug-likeness (QED) is 0.423. The third kappa shape index (κ3) is 3.63. The third-order valence-corrected chi connectivity index (χ3v) is 2.39. The lowest BCUT2D eigenvalue weighted by Gasteiger charge is -2.26. The second-order valence-corrected chi connectivity index (χ2v) is 5.13. The first-order chi connectivity index (χ1) is 8.24. The Bertz CT molecular complexity index is 399. The SMILES string of the molecule is CC(C)(C)OC(=O)N1CC(F)CC1C(=O)C=[N+]=[N-]. The maximum atomic E-state index is 13.3. The lowest BCUT2D eigenvalue weighted by atomic mass is 10.1. The van der Waals surface area contributed by atoms with Gasteiger partial charge in [-0.25, -0.2) is 9.18 Å². The van der Waals surface area contributed by atoms with Gasteiger partial charge in [0.1, 0.15) is 17.8 Å². The van der Waals surface area contributed by atoms with Gasteiger partial charge in [-0.05, 0) is 20.8 Å². The average Bonchev–Trinajstić information content (AvgIpc) is 2.58. The number of hydrogen-bond acceptors (Lipinski definition) is 3. The van der Waals surface area contributed by atoms with Crippen molar-refractivity contribution in [1.29, 1.82) is 0 Å². The van der Waals surface area contributed by atoms with Crippen molar-refractivity contribution in [3.8, 4) is 0 Å². The van der Waals surface area contributed by atoms with E-state index in [0.29, 0.717) is 6.21 Å². The molecule has 1 rings (SSSR count). The standard InChI is InChI=1S/C11H16FN3O3/c1-11(2,3)18-10(17)15-6-7(12)4-8(15)9(16)5-14-13/h5,7-8H,4,6H2,1-3H3. The highest BCUT2D eigenvalue weighted by molar-refractivity contribution is 6.28. The van der Waals surface area contributed by atoms with E-state index in [2.05, 4.69) is 4.79 Å². The lowest BCUT2D eigenvalue weighted by Crippen LogP contribution is -2.43. The van der Waals surface area contributed by atoms with Crippen molar-refractivity contribution in [1.82, 2.24) is 4.90 Å². The van der Waals surface area contributed by atoms with Crippen LogP contribution in [-0.2, 0) is 9.53 Å². The van der Waals surface area contributed by atoms with Crippen molar-refractivity contribution in [2.75, 3.05) is 6.54 Å². The number of ether oxygens (including phenoxy) is 1. The van der Waals surface area contributed by atoms with Gasteiger partial charge in [0.2, 0.25) is 0 Å². The van der Waals surface area contributed by atoms with Crippen LogP contribution < -0.4 is 0 Å². The predicted molar refractivity (Wildman–Crippen MR) is 60.9 cm³/mol. The third-order valence-electron chi connectivity index (χ3n) is 2.39. The Hall–Kier alpha value is -1.75. The van der Waals surface area contributed by atoms with E-state index >= 15 is 0 Å². The summed E-state index contributed by atoms with van der Waals surface area (Å²) in [6, 6.07) is -0.967. The molecule has 2 unspecified atom stereocenters. The number of amides is 1. The number of nitrogens with zero attached hydrogens (tertiary/aromatic N) is 3. The van der Waals surface area contributed by atoms with Crippen molar-refractivity contribution in [2.24, 2.45) is 0 Å². The van der Waals surface area contributed by atoms with Crippen LogP contribution in [0.3, 0.4) is 0 Å². The molecule has 100 valence electrons. The highest BCUT2D eigenvalue weighted by Gasteiger charge is 2.42. The molecule has 0 N–H and O–H groups in total. The lowest BCUT2D eigenvalue weighted by molar-refractivity contribution is -0.120. The number of carbonyl (C=O) groups excluding carboxylic acids is 2. The Morgan fingerprint density at radius 2 is 2.11 bits per heavy atom. The van der Waals surface area contributed by atoms with E-state index in [1.54, 1.807) is 20.8 Å². The molecule has 1 heterocycles. The number of hydrogen-bond donors (Lipinski definition) is 0. The van der Waals surface area contributed by atoms with Gasteiger partial charge in [0.25, 0.3) is 5.78 Å². The zero-order valence-corrected chi connectivity index (χ0v) is 10.6. The van der Waals surface area contributed by atoms with Crippen LogP contribution in [0.5, 0.6) is 0 Å². The number of halogens is 1. The molecule has 0 bridgehead atoms. The zero-order chi connectivity index (χ0) is 13.9. The number of rotatable bonds is 2. The first-order valence-corrected chi connectivity index (χ1v) is 5.59. The monoisotopic (exact) mass is 257 g/mol. The summed E-state index contributed by atoms with van der Waals surface area (Å²) in [5, 5.41) is 0. The molecule has 1 saturated heterocycles. The molecule has 0 aromatic carbocycles. The molecule has 0 saturated carbocycles. The van der Waals surface area contributed by atoms with E-state index in [1.165, 1.54) is 0 Å². The molecular weight excluding hydrogens is 241 g/mol. The van der Waals surface area contributed by atoms with Crippen molar-refractivity contribution in [2.45, 2.75) is 45.0 Å². The van der Waals surface area contributed by atoms with Gasteiger partial charge in [-0.1, -0.05) is 0 Å². The van der Waals surface area contributed by atoms with Gasteiger partial charge in [0.05, 0.1) is 6.54 Å². The van der Waals surface area contributed by atoms with Gasteiger partial charge in [0, 0.05) is 6.42 Å². The normalized spacial score (nSPS) is 23.4. The van der Waals surface area contributed by atoms with Crippen molar-refractivity contribution in [3.05, 3.63) is 5.53 Å². The average molecular weight is 257 g/mol. The van der Waals surface area contributed by atoms with Crippen LogP contribution in [-0.4, -0.2) is 52.1 Å². The molecule has 1 aliphatic rings. The Labute approximate surface area is 104 Å². The van der Waals surface area contributed by atoms with Crippen molar-refractivity contribution < 1.29 is 23.5 Å². The highest BCUT2D eigenvalue weighted by atomic mass is 19.1. The summed E-state index contributed by atoms with van der Waals surface area (Å²) < 4.78 is 18.4. The molecule has 0 aromatic rings. The number of likely N-dealkylation sites (tertiary alicyclic amines) is 1. The molecule has 2 atom stereocenters. The molecule has 0 spiro atoms. The summed E-state index contributed by atoms with van der Waals surface area (Å²) >= 11 is 0. The van der Waals surface area contributed by atoms with Crippen LogP contribution >= 0.6 is 0 Å². The predicted octanol–water partition coefficient (Wildman–Crippen LogP) is 1.20. The molecule has 1 aliphatic heterocycles. The van der Waals surface area contributed by atoms with E-state index in [4.69, 9.17) is 10.3 Å². The molecule has 0 aliphatic carbocycles. The number of ketones is 1. The van der Waals surface area contributed by atoms with E-state index in [0.717, 1.165) is 4.90 Å². The van der Waals surface area contributed by atoms with Gasteiger partial charge in [-0.3, -0.25) is 9.69 Å². The van der Waals surface area contributed by atoms with Crippen LogP contribution in [0.4, 0.5) is 9.18 Å². The van der Waals surface area contributed by atoms with Gasteiger partial charge < -0.3 is 10.3 Å². The molecule has 1 amide bonds. The Kier molecular flexibility index (Phi) is 4.19. The van der Waals surface area contributed by atoms with Gasteiger partial charge >= 0.3 is 12.3 Å². The maximum absolute atomic E-state index is 13.3. The summed E-state index contributed by atoms with van der Waals surface area (Å²) in [6.45, 7) is 4.85. The fourth-order valence-corrected chi connectivity index (χ4v) is 1.72. The van der Waals surface area contributed by atoms with Crippen LogP contribution in [0.2, 0.25) is 0 Å². The van der Waals surface area contributed by atoms with Crippen molar-refractivity contribution in [3.63, 3.8) is 0 Å². The van der Waals surface area contributed by atoms with Gasteiger partial charge in [-0.2, -0.15) is 4.79 Å².